The molecule has 96 valence electrons. The average molecular weight is 251 g/mol. The van der Waals surface area contributed by atoms with Gasteiger partial charge in [-0.05, 0) is 26.4 Å². The Morgan fingerprint density at radius 3 is 2.50 bits per heavy atom. The summed E-state index contributed by atoms with van der Waals surface area (Å²) in [5.74, 6) is -0.193. The summed E-state index contributed by atoms with van der Waals surface area (Å²) in [5.41, 5.74) is 5.31. The van der Waals surface area contributed by atoms with Crippen LogP contribution in [0.3, 0.4) is 0 Å². The highest BCUT2D eigenvalue weighted by Crippen LogP contribution is 1.97. The van der Waals surface area contributed by atoms with Crippen LogP contribution in [0.1, 0.15) is 25.7 Å². The molecular formula is C9H21N3O3S. The van der Waals surface area contributed by atoms with Crippen LogP contribution in [0.25, 0.3) is 0 Å². The second kappa shape index (κ2) is 8.49. The third kappa shape index (κ3) is 8.63. The van der Waals surface area contributed by atoms with Crippen LogP contribution in [-0.4, -0.2) is 40.2 Å². The number of hydrogen-bond acceptors (Lipinski definition) is 4. The summed E-state index contributed by atoms with van der Waals surface area (Å²) >= 11 is 0. The molecule has 0 aromatic rings. The van der Waals surface area contributed by atoms with E-state index in [1.807, 2.05) is 0 Å². The normalized spacial score (nSPS) is 11.4. The maximum absolute atomic E-state index is 11.2. The van der Waals surface area contributed by atoms with Crippen molar-refractivity contribution >= 4 is 15.9 Å². The van der Waals surface area contributed by atoms with Crippen molar-refractivity contribution in [1.82, 2.24) is 10.0 Å². The van der Waals surface area contributed by atoms with E-state index in [1.54, 1.807) is 0 Å². The smallest absolute Gasteiger partial charge is 0.220 e. The number of rotatable bonds is 9. The molecule has 0 aliphatic rings. The number of carbonyl (C=O) groups is 1. The molecule has 0 aromatic carbocycles. The van der Waals surface area contributed by atoms with Gasteiger partial charge in [0, 0.05) is 13.0 Å². The fraction of sp³-hybridized carbons (Fsp3) is 0.889. The highest BCUT2D eigenvalue weighted by Gasteiger charge is 2.07. The molecule has 6 nitrogen and oxygen atoms in total. The van der Waals surface area contributed by atoms with E-state index in [1.165, 1.54) is 7.05 Å². The van der Waals surface area contributed by atoms with Crippen molar-refractivity contribution in [2.24, 2.45) is 5.73 Å². The summed E-state index contributed by atoms with van der Waals surface area (Å²) in [6, 6.07) is 0. The van der Waals surface area contributed by atoms with Crippen LogP contribution in [0.15, 0.2) is 0 Å². The Morgan fingerprint density at radius 2 is 1.94 bits per heavy atom. The molecule has 0 rings (SSSR count). The van der Waals surface area contributed by atoms with E-state index in [-0.39, 0.29) is 18.2 Å². The fourth-order valence-electron chi connectivity index (χ4n) is 1.12. The molecule has 1 amide bonds. The zero-order chi connectivity index (χ0) is 12.4. The van der Waals surface area contributed by atoms with Gasteiger partial charge < -0.3 is 11.1 Å². The zero-order valence-electron chi connectivity index (χ0n) is 9.66. The van der Waals surface area contributed by atoms with Crippen molar-refractivity contribution in [1.29, 1.82) is 0 Å². The van der Waals surface area contributed by atoms with E-state index in [9.17, 15) is 13.2 Å². The molecule has 0 saturated carbocycles. The first-order chi connectivity index (χ1) is 7.52. The Balaban J connectivity index is 3.51. The van der Waals surface area contributed by atoms with E-state index in [0.29, 0.717) is 13.0 Å². The summed E-state index contributed by atoms with van der Waals surface area (Å²) in [7, 11) is -1.87. The molecule has 0 fully saturated rings. The number of hydrogen-bond donors (Lipinski definition) is 3. The molecule has 4 N–H and O–H groups in total. The second-order valence-corrected chi connectivity index (χ2v) is 5.52. The van der Waals surface area contributed by atoms with Gasteiger partial charge in [0.2, 0.25) is 15.9 Å². The van der Waals surface area contributed by atoms with Crippen LogP contribution in [0.4, 0.5) is 0 Å². The van der Waals surface area contributed by atoms with E-state index in [4.69, 9.17) is 5.73 Å². The first kappa shape index (κ1) is 15.3. The lowest BCUT2D eigenvalue weighted by Crippen LogP contribution is -2.32. The van der Waals surface area contributed by atoms with Crippen LogP contribution >= 0.6 is 0 Å². The maximum Gasteiger partial charge on any atom is 0.220 e. The van der Waals surface area contributed by atoms with Crippen molar-refractivity contribution in [3.05, 3.63) is 0 Å². The standard InChI is InChI=1S/C9H21N3O3S/c1-11-16(14,15)8-7-12-9(13)5-3-2-4-6-10/h11H,2-8,10H2,1H3,(H,12,13). The van der Waals surface area contributed by atoms with Gasteiger partial charge in [-0.25, -0.2) is 13.1 Å². The molecule has 0 aliphatic carbocycles. The number of carbonyl (C=O) groups excluding carboxylic acids is 1. The fourth-order valence-corrected chi connectivity index (χ4v) is 1.70. The van der Waals surface area contributed by atoms with Gasteiger partial charge in [-0.2, -0.15) is 0 Å². The molecule has 0 saturated heterocycles. The molecule has 16 heavy (non-hydrogen) atoms. The molecule has 0 unspecified atom stereocenters. The predicted molar refractivity (Wildman–Crippen MR) is 63.4 cm³/mol. The topological polar surface area (TPSA) is 101 Å². The maximum atomic E-state index is 11.2. The van der Waals surface area contributed by atoms with Crippen LogP contribution in [0, 0.1) is 0 Å². The van der Waals surface area contributed by atoms with Crippen LogP contribution in [0.2, 0.25) is 0 Å². The highest BCUT2D eigenvalue weighted by atomic mass is 32.2. The molecule has 0 radical (unpaired) electrons. The number of unbranched alkanes of at least 4 members (excludes halogenated alkanes) is 2. The first-order valence-corrected chi connectivity index (χ1v) is 7.05. The molecule has 0 aromatic heterocycles. The summed E-state index contributed by atoms with van der Waals surface area (Å²) in [4.78, 5) is 11.2. The van der Waals surface area contributed by atoms with Crippen LogP contribution in [-0.2, 0) is 14.8 Å². The van der Waals surface area contributed by atoms with E-state index >= 15 is 0 Å². The van der Waals surface area contributed by atoms with Crippen molar-refractivity contribution in [2.45, 2.75) is 25.7 Å². The summed E-state index contributed by atoms with van der Waals surface area (Å²) < 4.78 is 24.2. The van der Waals surface area contributed by atoms with Crippen molar-refractivity contribution in [3.63, 3.8) is 0 Å². The van der Waals surface area contributed by atoms with E-state index < -0.39 is 10.0 Å². The minimum absolute atomic E-state index is 0.0853. The number of amides is 1. The van der Waals surface area contributed by atoms with Gasteiger partial charge in [0.05, 0.1) is 5.75 Å². The summed E-state index contributed by atoms with van der Waals surface area (Å²) in [5, 5.41) is 2.56. The lowest BCUT2D eigenvalue weighted by molar-refractivity contribution is -0.121. The van der Waals surface area contributed by atoms with E-state index in [2.05, 4.69) is 10.0 Å². The minimum Gasteiger partial charge on any atom is -0.355 e. The molecule has 0 bridgehead atoms. The Labute approximate surface area is 97.0 Å². The number of sulfonamides is 1. The zero-order valence-corrected chi connectivity index (χ0v) is 10.5. The second-order valence-electron chi connectivity index (χ2n) is 3.47. The molecule has 7 heteroatoms. The Hall–Kier alpha value is -0.660. The van der Waals surface area contributed by atoms with Gasteiger partial charge in [-0.3, -0.25) is 4.79 Å². The van der Waals surface area contributed by atoms with Gasteiger partial charge in [0.15, 0.2) is 0 Å². The third-order valence-electron chi connectivity index (χ3n) is 2.11. The number of nitrogens with one attached hydrogen (secondary N) is 2. The molecular weight excluding hydrogens is 230 g/mol. The van der Waals surface area contributed by atoms with Gasteiger partial charge in [-0.1, -0.05) is 6.42 Å². The SMILES string of the molecule is CNS(=O)(=O)CCNC(=O)CCCCCN. The average Bonchev–Trinajstić information content (AvgIpc) is 2.24. The van der Waals surface area contributed by atoms with Gasteiger partial charge in [0.1, 0.15) is 0 Å². The Kier molecular flexibility index (Phi) is 8.14. The summed E-state index contributed by atoms with van der Waals surface area (Å²) in [6.45, 7) is 0.793. The van der Waals surface area contributed by atoms with Gasteiger partial charge >= 0.3 is 0 Å². The monoisotopic (exact) mass is 251 g/mol. The number of nitrogens with two attached hydrogens (primary N) is 1. The van der Waals surface area contributed by atoms with Crippen LogP contribution in [0.5, 0.6) is 0 Å². The molecule has 0 spiro atoms. The van der Waals surface area contributed by atoms with Crippen LogP contribution < -0.4 is 15.8 Å². The Morgan fingerprint density at radius 1 is 1.25 bits per heavy atom. The van der Waals surface area contributed by atoms with Gasteiger partial charge in [0.25, 0.3) is 0 Å². The first-order valence-electron chi connectivity index (χ1n) is 5.40. The summed E-state index contributed by atoms with van der Waals surface area (Å²) in [6.07, 6.45) is 3.07. The lowest BCUT2D eigenvalue weighted by atomic mass is 10.2. The Bertz CT molecular complexity index is 290. The predicted octanol–water partition coefficient (Wildman–Crippen LogP) is -0.829. The van der Waals surface area contributed by atoms with Crippen molar-refractivity contribution in [3.8, 4) is 0 Å². The highest BCUT2D eigenvalue weighted by molar-refractivity contribution is 7.89. The third-order valence-corrected chi connectivity index (χ3v) is 3.48. The molecule has 0 heterocycles. The van der Waals surface area contributed by atoms with Crippen molar-refractivity contribution in [2.75, 3.05) is 25.9 Å². The molecule has 0 atom stereocenters. The van der Waals surface area contributed by atoms with E-state index in [0.717, 1.165) is 19.3 Å². The van der Waals surface area contributed by atoms with Crippen molar-refractivity contribution < 1.29 is 13.2 Å². The largest absolute Gasteiger partial charge is 0.355 e. The molecule has 0 aliphatic heterocycles. The van der Waals surface area contributed by atoms with Gasteiger partial charge in [-0.15, -0.1) is 0 Å². The lowest BCUT2D eigenvalue weighted by Gasteiger charge is -2.05. The quantitative estimate of drug-likeness (QED) is 0.466. The minimum atomic E-state index is -3.23.